The van der Waals surface area contributed by atoms with Crippen molar-refractivity contribution < 1.29 is 10.0 Å². The molecule has 1 aromatic carbocycles. The van der Waals surface area contributed by atoms with Crippen LogP contribution in [0.4, 0.5) is 0 Å². The van der Waals surface area contributed by atoms with Crippen LogP contribution in [0.5, 0.6) is 0 Å². The molecule has 3 rings (SSSR count). The van der Waals surface area contributed by atoms with Crippen LogP contribution in [0, 0.1) is 12.3 Å². The van der Waals surface area contributed by atoms with E-state index in [9.17, 15) is 9.59 Å². The van der Waals surface area contributed by atoms with Crippen LogP contribution in [-0.2, 0) is 17.8 Å². The van der Waals surface area contributed by atoms with Crippen LogP contribution in [0.15, 0.2) is 35.1 Å². The molecule has 1 saturated heterocycles. The van der Waals surface area contributed by atoms with E-state index in [2.05, 4.69) is 42.9 Å². The van der Waals surface area contributed by atoms with Gasteiger partial charge in [-0.25, -0.2) is 5.48 Å². The van der Waals surface area contributed by atoms with Crippen molar-refractivity contribution in [1.82, 2.24) is 20.2 Å². The maximum atomic E-state index is 12.7. The van der Waals surface area contributed by atoms with E-state index in [1.165, 1.54) is 11.6 Å². The summed E-state index contributed by atoms with van der Waals surface area (Å²) in [6.07, 6.45) is 6.04. The second-order valence-corrected chi connectivity index (χ2v) is 9.58. The first-order valence-corrected chi connectivity index (χ1v) is 10.9. The fraction of sp³-hybridized carbons (Fsp3) is 0.500. The Morgan fingerprint density at radius 2 is 1.97 bits per heavy atom. The van der Waals surface area contributed by atoms with Gasteiger partial charge in [-0.15, -0.1) is 0 Å². The lowest BCUT2D eigenvalue weighted by molar-refractivity contribution is -0.124. The SMILES string of the molecule is Cc1c(CC(C)(C)C)[nH]n(CCN2CCCC2c2ccc(/C=C/C(=O)NO)cc2)c1=O. The lowest BCUT2D eigenvalue weighted by atomic mass is 9.89. The molecule has 1 amide bonds. The predicted molar refractivity (Wildman–Crippen MR) is 122 cm³/mol. The van der Waals surface area contributed by atoms with E-state index >= 15 is 0 Å². The number of carbonyl (C=O) groups excluding carboxylic acids is 1. The number of nitrogens with zero attached hydrogens (tertiary/aromatic N) is 2. The van der Waals surface area contributed by atoms with E-state index in [-0.39, 0.29) is 11.0 Å². The fourth-order valence-corrected chi connectivity index (χ4v) is 4.23. The standard InChI is InChI=1S/C24H34N4O3/c1-17-20(16-24(2,3)4)25-28(23(17)30)15-14-27-13-5-6-21(27)19-10-7-18(8-11-19)9-12-22(29)26-31/h7-12,21,25,31H,5-6,13-16H2,1-4H3,(H,26,29)/b12-9+. The molecular weight excluding hydrogens is 392 g/mol. The third-order valence-corrected chi connectivity index (χ3v) is 5.83. The number of aromatic amines is 1. The summed E-state index contributed by atoms with van der Waals surface area (Å²) in [6.45, 7) is 10.9. The van der Waals surface area contributed by atoms with Gasteiger partial charge in [0, 0.05) is 29.9 Å². The number of H-pyrrole nitrogens is 1. The van der Waals surface area contributed by atoms with Crippen molar-refractivity contribution in [2.45, 2.75) is 59.5 Å². The van der Waals surface area contributed by atoms with Crippen molar-refractivity contribution in [3.63, 3.8) is 0 Å². The zero-order valence-electron chi connectivity index (χ0n) is 18.9. The highest BCUT2D eigenvalue weighted by molar-refractivity contribution is 5.90. The third kappa shape index (κ3) is 5.95. The Morgan fingerprint density at radius 1 is 1.26 bits per heavy atom. The van der Waals surface area contributed by atoms with E-state index in [0.29, 0.717) is 12.6 Å². The fourth-order valence-electron chi connectivity index (χ4n) is 4.23. The van der Waals surface area contributed by atoms with E-state index in [0.717, 1.165) is 49.2 Å². The molecule has 31 heavy (non-hydrogen) atoms. The second kappa shape index (κ2) is 9.66. The normalized spacial score (nSPS) is 17.5. The smallest absolute Gasteiger partial charge is 0.269 e. The monoisotopic (exact) mass is 426 g/mol. The summed E-state index contributed by atoms with van der Waals surface area (Å²) >= 11 is 0. The van der Waals surface area contributed by atoms with Gasteiger partial charge in [0.1, 0.15) is 0 Å². The van der Waals surface area contributed by atoms with Gasteiger partial charge in [-0.2, -0.15) is 0 Å². The largest absolute Gasteiger partial charge is 0.299 e. The number of benzene rings is 1. The van der Waals surface area contributed by atoms with Gasteiger partial charge in [0.2, 0.25) is 0 Å². The number of hydrogen-bond donors (Lipinski definition) is 3. The molecule has 3 N–H and O–H groups in total. The molecule has 0 saturated carbocycles. The molecule has 2 aromatic rings. The van der Waals surface area contributed by atoms with Crippen molar-refractivity contribution >= 4 is 12.0 Å². The minimum absolute atomic E-state index is 0.0815. The quantitative estimate of drug-likeness (QED) is 0.359. The lowest BCUT2D eigenvalue weighted by Crippen LogP contribution is -2.30. The number of carbonyl (C=O) groups is 1. The molecule has 1 fully saturated rings. The molecule has 1 aliphatic heterocycles. The highest BCUT2D eigenvalue weighted by atomic mass is 16.5. The topological polar surface area (TPSA) is 90.4 Å². The first-order valence-electron chi connectivity index (χ1n) is 10.9. The van der Waals surface area contributed by atoms with Gasteiger partial charge < -0.3 is 0 Å². The molecule has 168 valence electrons. The molecule has 0 radical (unpaired) electrons. The molecule has 0 aliphatic carbocycles. The maximum Gasteiger partial charge on any atom is 0.269 e. The van der Waals surface area contributed by atoms with Gasteiger partial charge in [0.05, 0.1) is 6.54 Å². The number of nitrogens with one attached hydrogen (secondary N) is 2. The summed E-state index contributed by atoms with van der Waals surface area (Å²) in [6, 6.07) is 8.46. The molecule has 0 bridgehead atoms. The maximum absolute atomic E-state index is 12.7. The van der Waals surface area contributed by atoms with Crippen molar-refractivity contribution in [3.05, 3.63) is 63.1 Å². The van der Waals surface area contributed by atoms with Crippen molar-refractivity contribution in [2.75, 3.05) is 13.1 Å². The molecule has 2 heterocycles. The molecule has 1 aromatic heterocycles. The summed E-state index contributed by atoms with van der Waals surface area (Å²) in [7, 11) is 0. The van der Waals surface area contributed by atoms with E-state index in [1.54, 1.807) is 16.2 Å². The summed E-state index contributed by atoms with van der Waals surface area (Å²) < 4.78 is 1.76. The van der Waals surface area contributed by atoms with Crippen LogP contribution in [0.2, 0.25) is 0 Å². The van der Waals surface area contributed by atoms with Gasteiger partial charge in [-0.05, 0) is 55.3 Å². The van der Waals surface area contributed by atoms with Crippen molar-refractivity contribution in [3.8, 4) is 0 Å². The molecule has 1 atom stereocenters. The zero-order valence-corrected chi connectivity index (χ0v) is 18.9. The highest BCUT2D eigenvalue weighted by Gasteiger charge is 2.26. The van der Waals surface area contributed by atoms with Crippen LogP contribution in [0.3, 0.4) is 0 Å². The zero-order chi connectivity index (χ0) is 22.6. The summed E-state index contributed by atoms with van der Waals surface area (Å²) in [5.74, 6) is -0.550. The summed E-state index contributed by atoms with van der Waals surface area (Å²) in [5, 5.41) is 11.9. The first-order chi connectivity index (χ1) is 14.7. The van der Waals surface area contributed by atoms with Crippen LogP contribution in [0.25, 0.3) is 6.08 Å². The Bertz CT molecular complexity index is 980. The number of hydroxylamine groups is 1. The molecule has 0 spiro atoms. The summed E-state index contributed by atoms with van der Waals surface area (Å²) in [4.78, 5) is 26.2. The van der Waals surface area contributed by atoms with Gasteiger partial charge in [0.15, 0.2) is 0 Å². The number of aromatic nitrogens is 2. The van der Waals surface area contributed by atoms with Gasteiger partial charge in [0.25, 0.3) is 11.5 Å². The molecule has 7 heteroatoms. The lowest BCUT2D eigenvalue weighted by Gasteiger charge is -2.25. The predicted octanol–water partition coefficient (Wildman–Crippen LogP) is 3.43. The molecule has 1 unspecified atom stereocenters. The van der Waals surface area contributed by atoms with Gasteiger partial charge >= 0.3 is 0 Å². The van der Waals surface area contributed by atoms with Gasteiger partial charge in [-0.1, -0.05) is 45.0 Å². The molecule has 7 nitrogen and oxygen atoms in total. The van der Waals surface area contributed by atoms with Crippen molar-refractivity contribution in [1.29, 1.82) is 0 Å². The van der Waals surface area contributed by atoms with Crippen LogP contribution in [-0.4, -0.2) is 38.9 Å². The van der Waals surface area contributed by atoms with Crippen molar-refractivity contribution in [2.24, 2.45) is 5.41 Å². The van der Waals surface area contributed by atoms with Crippen LogP contribution < -0.4 is 11.0 Å². The Morgan fingerprint density at radius 3 is 2.61 bits per heavy atom. The number of hydrogen-bond acceptors (Lipinski definition) is 4. The van der Waals surface area contributed by atoms with E-state index < -0.39 is 5.91 Å². The number of amides is 1. The van der Waals surface area contributed by atoms with E-state index in [1.807, 2.05) is 19.1 Å². The second-order valence-electron chi connectivity index (χ2n) is 9.58. The average molecular weight is 427 g/mol. The average Bonchev–Trinajstić information content (AvgIpc) is 3.30. The number of likely N-dealkylation sites (tertiary alicyclic amines) is 1. The van der Waals surface area contributed by atoms with E-state index in [4.69, 9.17) is 5.21 Å². The summed E-state index contributed by atoms with van der Waals surface area (Å²) in [5.41, 5.74) is 5.80. The highest BCUT2D eigenvalue weighted by Crippen LogP contribution is 2.32. The first kappa shape index (κ1) is 23.0. The third-order valence-electron chi connectivity index (χ3n) is 5.83. The van der Waals surface area contributed by atoms with Crippen LogP contribution in [0.1, 0.15) is 62.0 Å². The molecular formula is C24H34N4O3. The minimum atomic E-state index is -0.550. The Kier molecular flexibility index (Phi) is 7.18. The van der Waals surface area contributed by atoms with Gasteiger partial charge in [-0.3, -0.25) is 29.5 Å². The Balaban J connectivity index is 1.65. The number of rotatable bonds is 7. The Hall–Kier alpha value is -2.64. The van der Waals surface area contributed by atoms with Crippen LogP contribution >= 0.6 is 0 Å². The molecule has 1 aliphatic rings. The Labute approximate surface area is 183 Å². The minimum Gasteiger partial charge on any atom is -0.299 e.